The summed E-state index contributed by atoms with van der Waals surface area (Å²) in [6.07, 6.45) is 3.24. The predicted molar refractivity (Wildman–Crippen MR) is 59.5 cm³/mol. The van der Waals surface area contributed by atoms with Gasteiger partial charge in [0.05, 0.1) is 11.8 Å². The van der Waals surface area contributed by atoms with Crippen molar-refractivity contribution in [1.29, 1.82) is 0 Å². The molecule has 5 heteroatoms. The largest absolute Gasteiger partial charge is 0.352 e. The molecule has 3 nitrogen and oxygen atoms in total. The molecule has 0 radical (unpaired) electrons. The minimum atomic E-state index is -0.503. The Hall–Kier alpha value is -0.970. The van der Waals surface area contributed by atoms with Crippen LogP contribution >= 0.6 is 15.9 Å². The standard InChI is InChI=1S/C10H12BrFN2O/c1-7(11)2-3-14-10(15)8-4-9(12)6-13-5-8/h4-7H,2-3H2,1H3,(H,14,15). The van der Waals surface area contributed by atoms with Gasteiger partial charge in [0.1, 0.15) is 5.82 Å². The van der Waals surface area contributed by atoms with Crippen LogP contribution in [0.15, 0.2) is 18.5 Å². The van der Waals surface area contributed by atoms with Crippen LogP contribution in [-0.2, 0) is 0 Å². The lowest BCUT2D eigenvalue weighted by Gasteiger charge is -2.05. The van der Waals surface area contributed by atoms with Crippen molar-refractivity contribution in [2.24, 2.45) is 0 Å². The Kier molecular flexibility index (Phi) is 4.68. The van der Waals surface area contributed by atoms with E-state index in [0.717, 1.165) is 12.6 Å². The summed E-state index contributed by atoms with van der Waals surface area (Å²) in [7, 11) is 0. The molecule has 0 saturated heterocycles. The summed E-state index contributed by atoms with van der Waals surface area (Å²) in [6, 6.07) is 1.17. The molecule has 1 N–H and O–H groups in total. The predicted octanol–water partition coefficient (Wildman–Crippen LogP) is 2.12. The van der Waals surface area contributed by atoms with E-state index >= 15 is 0 Å². The third kappa shape index (κ3) is 4.38. The molecule has 0 saturated carbocycles. The Morgan fingerprint density at radius 2 is 2.40 bits per heavy atom. The number of carbonyl (C=O) groups excluding carboxylic acids is 1. The zero-order chi connectivity index (χ0) is 11.3. The fourth-order valence-corrected chi connectivity index (χ4v) is 1.25. The van der Waals surface area contributed by atoms with E-state index in [-0.39, 0.29) is 11.5 Å². The number of alkyl halides is 1. The number of halogens is 2. The van der Waals surface area contributed by atoms with E-state index in [1.807, 2.05) is 6.92 Å². The fraction of sp³-hybridized carbons (Fsp3) is 0.400. The average Bonchev–Trinajstić information content (AvgIpc) is 2.17. The van der Waals surface area contributed by atoms with Crippen LogP contribution in [0.5, 0.6) is 0 Å². The van der Waals surface area contributed by atoms with Crippen LogP contribution in [0.25, 0.3) is 0 Å². The molecule has 1 aromatic heterocycles. The summed E-state index contributed by atoms with van der Waals surface area (Å²) >= 11 is 3.37. The SMILES string of the molecule is CC(Br)CCNC(=O)c1cncc(F)c1. The van der Waals surface area contributed by atoms with Crippen LogP contribution in [0.1, 0.15) is 23.7 Å². The van der Waals surface area contributed by atoms with Gasteiger partial charge in [-0.25, -0.2) is 4.39 Å². The Labute approximate surface area is 96.2 Å². The smallest absolute Gasteiger partial charge is 0.252 e. The number of rotatable bonds is 4. The fourth-order valence-electron chi connectivity index (χ4n) is 1.02. The number of nitrogens with zero attached hydrogens (tertiary/aromatic N) is 1. The number of hydrogen-bond donors (Lipinski definition) is 1. The zero-order valence-electron chi connectivity index (χ0n) is 8.34. The van der Waals surface area contributed by atoms with Gasteiger partial charge in [0.2, 0.25) is 0 Å². The lowest BCUT2D eigenvalue weighted by molar-refractivity contribution is 0.0952. The van der Waals surface area contributed by atoms with Crippen LogP contribution < -0.4 is 5.32 Å². The highest BCUT2D eigenvalue weighted by Crippen LogP contribution is 2.03. The molecule has 0 aromatic carbocycles. The maximum absolute atomic E-state index is 12.7. The summed E-state index contributed by atoms with van der Waals surface area (Å²) in [5, 5.41) is 2.68. The molecule has 1 heterocycles. The van der Waals surface area contributed by atoms with E-state index in [9.17, 15) is 9.18 Å². The second kappa shape index (κ2) is 5.80. The summed E-state index contributed by atoms with van der Waals surface area (Å²) in [5.41, 5.74) is 0.247. The van der Waals surface area contributed by atoms with Crippen molar-refractivity contribution in [3.63, 3.8) is 0 Å². The van der Waals surface area contributed by atoms with E-state index in [4.69, 9.17) is 0 Å². The van der Waals surface area contributed by atoms with Crippen LogP contribution in [0.3, 0.4) is 0 Å². The molecular formula is C10H12BrFN2O. The van der Waals surface area contributed by atoms with Crippen LogP contribution in [0.2, 0.25) is 0 Å². The normalized spacial score (nSPS) is 12.2. The molecule has 1 unspecified atom stereocenters. The molecule has 0 fully saturated rings. The van der Waals surface area contributed by atoms with E-state index in [1.54, 1.807) is 0 Å². The van der Waals surface area contributed by atoms with Gasteiger partial charge in [-0.3, -0.25) is 9.78 Å². The van der Waals surface area contributed by atoms with Crippen molar-refractivity contribution in [2.45, 2.75) is 18.2 Å². The second-order valence-corrected chi connectivity index (χ2v) is 4.78. The Morgan fingerprint density at radius 1 is 1.67 bits per heavy atom. The number of pyridine rings is 1. The van der Waals surface area contributed by atoms with E-state index in [1.165, 1.54) is 12.3 Å². The molecule has 1 amide bonds. The van der Waals surface area contributed by atoms with Gasteiger partial charge in [0.15, 0.2) is 0 Å². The summed E-state index contributed by atoms with van der Waals surface area (Å²) in [6.45, 7) is 2.55. The molecule has 82 valence electrons. The minimum Gasteiger partial charge on any atom is -0.352 e. The molecule has 1 aromatic rings. The highest BCUT2D eigenvalue weighted by molar-refractivity contribution is 9.09. The van der Waals surface area contributed by atoms with Gasteiger partial charge in [-0.2, -0.15) is 0 Å². The number of nitrogens with one attached hydrogen (secondary N) is 1. The Balaban J connectivity index is 2.47. The third-order valence-corrected chi connectivity index (χ3v) is 2.25. The first kappa shape index (κ1) is 12.1. The summed E-state index contributed by atoms with van der Waals surface area (Å²) < 4.78 is 12.7. The molecule has 0 bridgehead atoms. The quantitative estimate of drug-likeness (QED) is 0.855. The highest BCUT2D eigenvalue weighted by Gasteiger charge is 2.06. The lowest BCUT2D eigenvalue weighted by Crippen LogP contribution is -2.25. The van der Waals surface area contributed by atoms with Gasteiger partial charge in [0, 0.05) is 17.6 Å². The number of amides is 1. The second-order valence-electron chi connectivity index (χ2n) is 3.22. The van der Waals surface area contributed by atoms with Gasteiger partial charge in [-0.1, -0.05) is 22.9 Å². The van der Waals surface area contributed by atoms with Crippen molar-refractivity contribution >= 4 is 21.8 Å². The van der Waals surface area contributed by atoms with E-state index in [2.05, 4.69) is 26.2 Å². The topological polar surface area (TPSA) is 42.0 Å². The van der Waals surface area contributed by atoms with Crippen molar-refractivity contribution < 1.29 is 9.18 Å². The molecule has 0 aliphatic rings. The monoisotopic (exact) mass is 274 g/mol. The summed E-state index contributed by atoms with van der Waals surface area (Å²) in [4.78, 5) is 15.4. The molecule has 0 aliphatic carbocycles. The van der Waals surface area contributed by atoms with Gasteiger partial charge >= 0.3 is 0 Å². The number of carbonyl (C=O) groups is 1. The number of aromatic nitrogens is 1. The first-order valence-corrected chi connectivity index (χ1v) is 5.54. The highest BCUT2D eigenvalue weighted by atomic mass is 79.9. The molecular weight excluding hydrogens is 263 g/mol. The summed E-state index contributed by atoms with van der Waals surface area (Å²) in [5.74, 6) is -0.799. The van der Waals surface area contributed by atoms with E-state index in [0.29, 0.717) is 11.4 Å². The van der Waals surface area contributed by atoms with Gasteiger partial charge in [-0.15, -0.1) is 0 Å². The van der Waals surface area contributed by atoms with Crippen molar-refractivity contribution in [3.8, 4) is 0 Å². The minimum absolute atomic E-state index is 0.247. The maximum Gasteiger partial charge on any atom is 0.252 e. The van der Waals surface area contributed by atoms with Gasteiger partial charge in [0.25, 0.3) is 5.91 Å². The van der Waals surface area contributed by atoms with Gasteiger partial charge in [-0.05, 0) is 12.5 Å². The van der Waals surface area contributed by atoms with Crippen LogP contribution in [0.4, 0.5) is 4.39 Å². The van der Waals surface area contributed by atoms with Crippen molar-refractivity contribution in [3.05, 3.63) is 29.8 Å². The third-order valence-electron chi connectivity index (χ3n) is 1.79. The average molecular weight is 275 g/mol. The first-order valence-electron chi connectivity index (χ1n) is 4.62. The molecule has 1 rings (SSSR count). The molecule has 0 aliphatic heterocycles. The van der Waals surface area contributed by atoms with Crippen LogP contribution in [0, 0.1) is 5.82 Å². The zero-order valence-corrected chi connectivity index (χ0v) is 9.92. The first-order chi connectivity index (χ1) is 7.09. The lowest BCUT2D eigenvalue weighted by atomic mass is 10.2. The van der Waals surface area contributed by atoms with Crippen molar-refractivity contribution in [2.75, 3.05) is 6.54 Å². The Morgan fingerprint density at radius 3 is 3.00 bits per heavy atom. The van der Waals surface area contributed by atoms with Gasteiger partial charge < -0.3 is 5.32 Å². The maximum atomic E-state index is 12.7. The van der Waals surface area contributed by atoms with Crippen LogP contribution in [-0.4, -0.2) is 22.3 Å². The molecule has 1 atom stereocenters. The number of hydrogen-bond acceptors (Lipinski definition) is 2. The molecule has 15 heavy (non-hydrogen) atoms. The molecule has 0 spiro atoms. The van der Waals surface area contributed by atoms with E-state index < -0.39 is 5.82 Å². The van der Waals surface area contributed by atoms with Crippen molar-refractivity contribution in [1.82, 2.24) is 10.3 Å². The Bertz CT molecular complexity index is 344.